The van der Waals surface area contributed by atoms with Gasteiger partial charge >= 0.3 is 0 Å². The molecule has 0 aliphatic heterocycles. The molecule has 0 amide bonds. The van der Waals surface area contributed by atoms with E-state index in [1.165, 1.54) is 17.5 Å². The van der Waals surface area contributed by atoms with Crippen molar-refractivity contribution < 1.29 is 8.78 Å². The third-order valence-corrected chi connectivity index (χ3v) is 1.88. The lowest BCUT2D eigenvalue weighted by atomic mass is 10.1. The van der Waals surface area contributed by atoms with Crippen molar-refractivity contribution in [3.63, 3.8) is 0 Å². The molecule has 70 valence electrons. The minimum absolute atomic E-state index is 0.305. The molecular formula is C9H9F2NS. The van der Waals surface area contributed by atoms with Crippen LogP contribution in [0.2, 0.25) is 0 Å². The Morgan fingerprint density at radius 1 is 1.46 bits per heavy atom. The van der Waals surface area contributed by atoms with Crippen molar-refractivity contribution in [1.29, 1.82) is 0 Å². The fraction of sp³-hybridized carbons (Fsp3) is 0.111. The Kier molecular flexibility index (Phi) is 3.31. The molecule has 0 radical (unpaired) electrons. The molecule has 0 fully saturated rings. The average Bonchev–Trinajstić information content (AvgIpc) is 2.10. The van der Waals surface area contributed by atoms with E-state index in [1.54, 1.807) is 7.05 Å². The first-order valence-electron chi connectivity index (χ1n) is 3.66. The molecule has 1 nitrogen and oxygen atoms in total. The molecule has 0 saturated carbocycles. The average molecular weight is 201 g/mol. The van der Waals surface area contributed by atoms with Crippen LogP contribution in [-0.2, 0) is 0 Å². The van der Waals surface area contributed by atoms with E-state index in [-0.39, 0.29) is 0 Å². The Hall–Kier alpha value is -1.03. The van der Waals surface area contributed by atoms with Crippen LogP contribution >= 0.6 is 12.6 Å². The van der Waals surface area contributed by atoms with Crippen LogP contribution in [0.5, 0.6) is 0 Å². The first-order chi connectivity index (χ1) is 6.19. The second kappa shape index (κ2) is 4.28. The van der Waals surface area contributed by atoms with E-state index in [4.69, 9.17) is 0 Å². The molecule has 0 atom stereocenters. The Balaban J connectivity index is 3.15. The van der Waals surface area contributed by atoms with E-state index in [1.807, 2.05) is 0 Å². The monoisotopic (exact) mass is 201 g/mol. The predicted molar refractivity (Wildman–Crippen MR) is 52.4 cm³/mol. The molecule has 1 aromatic rings. The largest absolute Gasteiger partial charge is 0.387 e. The Morgan fingerprint density at radius 3 is 2.62 bits per heavy atom. The Labute approximate surface area is 80.9 Å². The van der Waals surface area contributed by atoms with Crippen molar-refractivity contribution in [3.05, 3.63) is 40.8 Å². The SMILES string of the molecule is CN/C(=C\S)c1ccc(F)cc1F. The number of hydrogen-bond acceptors (Lipinski definition) is 2. The second-order valence-electron chi connectivity index (χ2n) is 2.42. The summed E-state index contributed by atoms with van der Waals surface area (Å²) in [5.74, 6) is -1.19. The summed E-state index contributed by atoms with van der Waals surface area (Å²) in [6.45, 7) is 0. The van der Waals surface area contributed by atoms with Gasteiger partial charge in [-0.2, -0.15) is 0 Å². The highest BCUT2D eigenvalue weighted by molar-refractivity contribution is 7.83. The van der Waals surface area contributed by atoms with Crippen LogP contribution in [-0.4, -0.2) is 7.05 Å². The highest BCUT2D eigenvalue weighted by Crippen LogP contribution is 2.17. The first kappa shape index (κ1) is 10.1. The van der Waals surface area contributed by atoms with Crippen LogP contribution in [0.1, 0.15) is 5.56 Å². The number of thiol groups is 1. The Morgan fingerprint density at radius 2 is 2.15 bits per heavy atom. The number of rotatable bonds is 2. The number of halogens is 2. The summed E-state index contributed by atoms with van der Waals surface area (Å²) in [4.78, 5) is 0. The molecule has 0 saturated heterocycles. The third kappa shape index (κ3) is 2.21. The van der Waals surface area contributed by atoms with Gasteiger partial charge in [0, 0.05) is 18.7 Å². The summed E-state index contributed by atoms with van der Waals surface area (Å²) in [5.41, 5.74) is 0.819. The van der Waals surface area contributed by atoms with Gasteiger partial charge in [-0.15, -0.1) is 12.6 Å². The van der Waals surface area contributed by atoms with Crippen molar-refractivity contribution in [2.24, 2.45) is 0 Å². The maximum absolute atomic E-state index is 13.1. The van der Waals surface area contributed by atoms with E-state index in [2.05, 4.69) is 17.9 Å². The van der Waals surface area contributed by atoms with Crippen LogP contribution < -0.4 is 5.32 Å². The van der Waals surface area contributed by atoms with Crippen LogP contribution in [0.25, 0.3) is 5.70 Å². The summed E-state index contributed by atoms with van der Waals surface area (Å²) in [6, 6.07) is 3.40. The molecule has 1 aromatic carbocycles. The topological polar surface area (TPSA) is 12.0 Å². The van der Waals surface area contributed by atoms with Gasteiger partial charge in [0.1, 0.15) is 11.6 Å². The van der Waals surface area contributed by atoms with E-state index in [0.29, 0.717) is 11.3 Å². The Bertz CT molecular complexity index is 336. The van der Waals surface area contributed by atoms with Gasteiger partial charge in [-0.3, -0.25) is 0 Å². The fourth-order valence-electron chi connectivity index (χ4n) is 0.977. The molecule has 1 rings (SSSR count). The zero-order valence-electron chi connectivity index (χ0n) is 7.01. The van der Waals surface area contributed by atoms with Gasteiger partial charge in [-0.1, -0.05) is 0 Å². The van der Waals surface area contributed by atoms with Crippen LogP contribution in [0.15, 0.2) is 23.6 Å². The van der Waals surface area contributed by atoms with Crippen molar-refractivity contribution in [3.8, 4) is 0 Å². The summed E-state index contributed by atoms with van der Waals surface area (Å²) < 4.78 is 25.6. The molecule has 4 heteroatoms. The minimum atomic E-state index is -0.602. The summed E-state index contributed by atoms with van der Waals surface area (Å²) in [7, 11) is 1.64. The molecule has 0 aliphatic rings. The highest BCUT2D eigenvalue weighted by atomic mass is 32.1. The van der Waals surface area contributed by atoms with Gasteiger partial charge in [0.05, 0.1) is 5.70 Å². The van der Waals surface area contributed by atoms with Crippen molar-refractivity contribution in [2.45, 2.75) is 0 Å². The lowest BCUT2D eigenvalue weighted by Crippen LogP contribution is -2.05. The first-order valence-corrected chi connectivity index (χ1v) is 4.18. The highest BCUT2D eigenvalue weighted by Gasteiger charge is 2.06. The van der Waals surface area contributed by atoms with Gasteiger partial charge in [-0.25, -0.2) is 8.78 Å². The molecule has 1 N–H and O–H groups in total. The third-order valence-electron chi connectivity index (χ3n) is 1.62. The van der Waals surface area contributed by atoms with E-state index in [9.17, 15) is 8.78 Å². The van der Waals surface area contributed by atoms with E-state index in [0.717, 1.165) is 6.07 Å². The van der Waals surface area contributed by atoms with E-state index < -0.39 is 11.6 Å². The summed E-state index contributed by atoms with van der Waals surface area (Å²) in [5, 5.41) is 4.18. The normalized spacial score (nSPS) is 11.5. The molecule has 13 heavy (non-hydrogen) atoms. The quantitative estimate of drug-likeness (QED) is 0.700. The minimum Gasteiger partial charge on any atom is -0.387 e. The zero-order chi connectivity index (χ0) is 9.84. The van der Waals surface area contributed by atoms with Crippen molar-refractivity contribution in [1.82, 2.24) is 5.32 Å². The molecule has 0 unspecified atom stereocenters. The smallest absolute Gasteiger partial charge is 0.135 e. The summed E-state index contributed by atoms with van der Waals surface area (Å²) >= 11 is 3.90. The van der Waals surface area contributed by atoms with Gasteiger partial charge in [0.2, 0.25) is 0 Å². The molecule has 0 heterocycles. The zero-order valence-corrected chi connectivity index (χ0v) is 7.91. The number of hydrogen-bond donors (Lipinski definition) is 2. The molecule has 0 aromatic heterocycles. The molecule has 0 spiro atoms. The van der Waals surface area contributed by atoms with Crippen molar-refractivity contribution >= 4 is 18.3 Å². The summed E-state index contributed by atoms with van der Waals surface area (Å²) in [6.07, 6.45) is 0. The predicted octanol–water partition coefficient (Wildman–Crippen LogP) is 2.41. The molecule has 0 bridgehead atoms. The fourth-order valence-corrected chi connectivity index (χ4v) is 1.24. The van der Waals surface area contributed by atoms with Crippen LogP contribution in [0.4, 0.5) is 8.78 Å². The van der Waals surface area contributed by atoms with Crippen LogP contribution in [0.3, 0.4) is 0 Å². The lowest BCUT2D eigenvalue weighted by Gasteiger charge is -2.06. The van der Waals surface area contributed by atoms with Gasteiger partial charge in [0.25, 0.3) is 0 Å². The standard InChI is InChI=1S/C9H9F2NS/c1-12-9(5-13)7-3-2-6(10)4-8(7)11/h2-5,12-13H,1H3/b9-5-. The number of nitrogens with one attached hydrogen (secondary N) is 1. The lowest BCUT2D eigenvalue weighted by molar-refractivity contribution is 0.580. The van der Waals surface area contributed by atoms with Crippen molar-refractivity contribution in [2.75, 3.05) is 7.05 Å². The number of benzene rings is 1. The molecular weight excluding hydrogens is 192 g/mol. The van der Waals surface area contributed by atoms with Crippen LogP contribution in [0, 0.1) is 11.6 Å². The van der Waals surface area contributed by atoms with E-state index >= 15 is 0 Å². The maximum Gasteiger partial charge on any atom is 0.135 e. The van der Waals surface area contributed by atoms with Gasteiger partial charge in [-0.05, 0) is 17.5 Å². The van der Waals surface area contributed by atoms with Gasteiger partial charge in [0.15, 0.2) is 0 Å². The second-order valence-corrected chi connectivity index (χ2v) is 2.68. The maximum atomic E-state index is 13.1. The molecule has 0 aliphatic carbocycles. The van der Waals surface area contributed by atoms with Gasteiger partial charge < -0.3 is 5.32 Å².